The SMILES string of the molecule is CC(C)N(CC(=O)Nc1cc(C(C)(C)C)nn1-c1ccc(Cl)cc1)C(=O)CCl. The smallest absolute Gasteiger partial charge is 0.245 e. The minimum atomic E-state index is -0.317. The molecule has 2 aromatic rings. The van der Waals surface area contributed by atoms with Gasteiger partial charge >= 0.3 is 0 Å². The summed E-state index contributed by atoms with van der Waals surface area (Å²) in [5, 5.41) is 8.14. The lowest BCUT2D eigenvalue weighted by atomic mass is 9.92. The maximum atomic E-state index is 12.6. The molecule has 28 heavy (non-hydrogen) atoms. The lowest BCUT2D eigenvalue weighted by Crippen LogP contribution is -2.43. The van der Waals surface area contributed by atoms with Crippen molar-refractivity contribution in [1.29, 1.82) is 0 Å². The fourth-order valence-electron chi connectivity index (χ4n) is 2.59. The van der Waals surface area contributed by atoms with Crippen molar-refractivity contribution >= 4 is 40.8 Å². The summed E-state index contributed by atoms with van der Waals surface area (Å²) in [7, 11) is 0. The molecule has 152 valence electrons. The first kappa shape index (κ1) is 22.2. The molecule has 0 aliphatic carbocycles. The van der Waals surface area contributed by atoms with Crippen LogP contribution in [0.15, 0.2) is 30.3 Å². The van der Waals surface area contributed by atoms with Crippen LogP contribution in [-0.2, 0) is 15.0 Å². The normalized spacial score (nSPS) is 11.6. The van der Waals surface area contributed by atoms with E-state index in [0.717, 1.165) is 11.4 Å². The number of hydrogen-bond acceptors (Lipinski definition) is 3. The van der Waals surface area contributed by atoms with E-state index < -0.39 is 0 Å². The fourth-order valence-corrected chi connectivity index (χ4v) is 2.87. The van der Waals surface area contributed by atoms with E-state index in [-0.39, 0.29) is 35.7 Å². The minimum Gasteiger partial charge on any atom is -0.330 e. The molecule has 1 heterocycles. The molecule has 1 N–H and O–H groups in total. The van der Waals surface area contributed by atoms with Crippen LogP contribution < -0.4 is 5.32 Å². The van der Waals surface area contributed by atoms with E-state index in [2.05, 4.69) is 10.4 Å². The molecule has 0 atom stereocenters. The Morgan fingerprint density at radius 2 is 1.82 bits per heavy atom. The Bertz CT molecular complexity index is 839. The molecule has 8 heteroatoms. The molecule has 0 fully saturated rings. The Morgan fingerprint density at radius 3 is 2.32 bits per heavy atom. The molecular formula is C20H26Cl2N4O2. The van der Waals surface area contributed by atoms with Crippen molar-refractivity contribution in [2.24, 2.45) is 0 Å². The van der Waals surface area contributed by atoms with Gasteiger partial charge in [-0.1, -0.05) is 32.4 Å². The predicted octanol–water partition coefficient (Wildman–Crippen LogP) is 4.24. The molecule has 0 saturated heterocycles. The summed E-state index contributed by atoms with van der Waals surface area (Å²) in [6, 6.07) is 8.89. The highest BCUT2D eigenvalue weighted by Gasteiger charge is 2.23. The Balaban J connectivity index is 2.33. The van der Waals surface area contributed by atoms with Crippen molar-refractivity contribution in [3.05, 3.63) is 41.0 Å². The fraction of sp³-hybridized carbons (Fsp3) is 0.450. The monoisotopic (exact) mass is 424 g/mol. The number of amides is 2. The molecule has 2 amide bonds. The highest BCUT2D eigenvalue weighted by molar-refractivity contribution is 6.30. The van der Waals surface area contributed by atoms with Gasteiger partial charge in [-0.2, -0.15) is 5.10 Å². The van der Waals surface area contributed by atoms with Crippen molar-refractivity contribution in [1.82, 2.24) is 14.7 Å². The Labute approximate surface area is 175 Å². The average Bonchev–Trinajstić information content (AvgIpc) is 3.03. The average molecular weight is 425 g/mol. The van der Waals surface area contributed by atoms with Gasteiger partial charge in [-0.25, -0.2) is 4.68 Å². The molecule has 1 aromatic heterocycles. The first-order valence-corrected chi connectivity index (χ1v) is 9.96. The van der Waals surface area contributed by atoms with Gasteiger partial charge < -0.3 is 10.2 Å². The molecule has 0 aliphatic rings. The van der Waals surface area contributed by atoms with Crippen LogP contribution in [0.2, 0.25) is 5.02 Å². The zero-order chi connectivity index (χ0) is 21.1. The van der Waals surface area contributed by atoms with Crippen molar-refractivity contribution in [2.45, 2.75) is 46.1 Å². The summed E-state index contributed by atoms with van der Waals surface area (Å²) < 4.78 is 1.66. The van der Waals surface area contributed by atoms with Crippen LogP contribution in [0.3, 0.4) is 0 Å². The molecule has 0 spiro atoms. The summed E-state index contributed by atoms with van der Waals surface area (Å²) in [4.78, 5) is 26.1. The summed E-state index contributed by atoms with van der Waals surface area (Å²) in [5.74, 6) is -0.238. The second kappa shape index (κ2) is 8.97. The van der Waals surface area contributed by atoms with E-state index in [1.807, 2.05) is 52.8 Å². The number of nitrogens with one attached hydrogen (secondary N) is 1. The number of benzene rings is 1. The molecule has 0 unspecified atom stereocenters. The number of carbonyl (C=O) groups is 2. The van der Waals surface area contributed by atoms with Gasteiger partial charge in [0.05, 0.1) is 11.4 Å². The van der Waals surface area contributed by atoms with E-state index >= 15 is 0 Å². The van der Waals surface area contributed by atoms with Gasteiger partial charge in [-0.3, -0.25) is 9.59 Å². The molecule has 0 aliphatic heterocycles. The largest absolute Gasteiger partial charge is 0.330 e. The standard InChI is InChI=1S/C20H26Cl2N4O2/c1-13(2)25(19(28)11-21)12-18(27)23-17-10-16(20(3,4)5)24-26(17)15-8-6-14(22)7-9-15/h6-10,13H,11-12H2,1-5H3,(H,23,27). The van der Waals surface area contributed by atoms with Crippen molar-refractivity contribution < 1.29 is 9.59 Å². The number of aromatic nitrogens is 2. The van der Waals surface area contributed by atoms with Crippen LogP contribution in [0.25, 0.3) is 5.69 Å². The van der Waals surface area contributed by atoms with E-state index in [1.165, 1.54) is 4.90 Å². The van der Waals surface area contributed by atoms with E-state index in [9.17, 15) is 9.59 Å². The van der Waals surface area contributed by atoms with Gasteiger partial charge in [-0.05, 0) is 38.1 Å². The van der Waals surface area contributed by atoms with E-state index in [0.29, 0.717) is 10.8 Å². The highest BCUT2D eigenvalue weighted by Crippen LogP contribution is 2.26. The third-order valence-electron chi connectivity index (χ3n) is 4.19. The number of anilines is 1. The molecule has 2 rings (SSSR count). The van der Waals surface area contributed by atoms with Crippen LogP contribution in [0, 0.1) is 0 Å². The number of rotatable bonds is 6. The Morgan fingerprint density at radius 1 is 1.21 bits per heavy atom. The molecule has 0 saturated carbocycles. The second-order valence-electron chi connectivity index (χ2n) is 7.85. The zero-order valence-corrected chi connectivity index (χ0v) is 18.3. The minimum absolute atomic E-state index is 0.0835. The summed E-state index contributed by atoms with van der Waals surface area (Å²) in [5.41, 5.74) is 1.40. The summed E-state index contributed by atoms with van der Waals surface area (Å²) in [6.45, 7) is 9.74. The van der Waals surface area contributed by atoms with Crippen molar-refractivity contribution in [2.75, 3.05) is 17.7 Å². The van der Waals surface area contributed by atoms with Gasteiger partial charge in [0.25, 0.3) is 0 Å². The summed E-state index contributed by atoms with van der Waals surface area (Å²) in [6.07, 6.45) is 0. The number of nitrogens with zero attached hydrogens (tertiary/aromatic N) is 3. The zero-order valence-electron chi connectivity index (χ0n) is 16.8. The number of carbonyl (C=O) groups excluding carboxylic acids is 2. The van der Waals surface area contributed by atoms with E-state index in [4.69, 9.17) is 23.2 Å². The number of hydrogen-bond donors (Lipinski definition) is 1. The maximum absolute atomic E-state index is 12.6. The van der Waals surface area contributed by atoms with Gasteiger partial charge in [0, 0.05) is 22.5 Å². The molecule has 0 bridgehead atoms. The quantitative estimate of drug-likeness (QED) is 0.705. The van der Waals surface area contributed by atoms with Crippen LogP contribution in [0.1, 0.15) is 40.3 Å². The van der Waals surface area contributed by atoms with Crippen LogP contribution in [0.4, 0.5) is 5.82 Å². The second-order valence-corrected chi connectivity index (χ2v) is 8.55. The van der Waals surface area contributed by atoms with Crippen LogP contribution >= 0.6 is 23.2 Å². The lowest BCUT2D eigenvalue weighted by Gasteiger charge is -2.25. The van der Waals surface area contributed by atoms with Gasteiger partial charge in [0.2, 0.25) is 11.8 Å². The molecule has 6 nitrogen and oxygen atoms in total. The predicted molar refractivity (Wildman–Crippen MR) is 113 cm³/mol. The summed E-state index contributed by atoms with van der Waals surface area (Å²) >= 11 is 11.6. The highest BCUT2D eigenvalue weighted by atomic mass is 35.5. The topological polar surface area (TPSA) is 67.2 Å². The first-order chi connectivity index (χ1) is 13.0. The first-order valence-electron chi connectivity index (χ1n) is 9.04. The third kappa shape index (κ3) is 5.49. The van der Waals surface area contributed by atoms with Gasteiger partial charge in [0.1, 0.15) is 18.2 Å². The molecule has 1 aromatic carbocycles. The van der Waals surface area contributed by atoms with Gasteiger partial charge in [0.15, 0.2) is 0 Å². The van der Waals surface area contributed by atoms with Crippen molar-refractivity contribution in [3.8, 4) is 5.69 Å². The van der Waals surface area contributed by atoms with E-state index in [1.54, 1.807) is 16.8 Å². The van der Waals surface area contributed by atoms with Crippen LogP contribution in [0.5, 0.6) is 0 Å². The Kier molecular flexibility index (Phi) is 7.12. The number of halogens is 2. The maximum Gasteiger partial charge on any atom is 0.245 e. The van der Waals surface area contributed by atoms with Crippen LogP contribution in [-0.4, -0.2) is 45.0 Å². The third-order valence-corrected chi connectivity index (χ3v) is 4.67. The van der Waals surface area contributed by atoms with Crippen molar-refractivity contribution in [3.63, 3.8) is 0 Å². The lowest BCUT2D eigenvalue weighted by molar-refractivity contribution is -0.134. The Hall–Kier alpha value is -2.05. The van der Waals surface area contributed by atoms with Gasteiger partial charge in [-0.15, -0.1) is 11.6 Å². The number of alkyl halides is 1. The molecular weight excluding hydrogens is 399 g/mol. The molecule has 0 radical (unpaired) electrons.